The largest absolute Gasteiger partial charge is 0.491 e. The summed E-state index contributed by atoms with van der Waals surface area (Å²) in [4.78, 5) is 12.3. The molecule has 2 N–H and O–H groups in total. The van der Waals surface area contributed by atoms with Crippen LogP contribution in [0.15, 0.2) is 54.6 Å². The van der Waals surface area contributed by atoms with Crippen molar-refractivity contribution in [2.45, 2.75) is 26.0 Å². The van der Waals surface area contributed by atoms with Gasteiger partial charge in [0.25, 0.3) is 0 Å². The minimum Gasteiger partial charge on any atom is -0.491 e. The van der Waals surface area contributed by atoms with Crippen LogP contribution in [0.5, 0.6) is 5.75 Å². The van der Waals surface area contributed by atoms with E-state index in [1.165, 1.54) is 0 Å². The molecule has 0 spiro atoms. The molecule has 0 heterocycles. The molecule has 0 saturated heterocycles. The fraction of sp³-hybridized carbons (Fsp3) is 0.316. The van der Waals surface area contributed by atoms with Gasteiger partial charge in [0, 0.05) is 23.7 Å². The Labute approximate surface area is 137 Å². The molecule has 0 aliphatic heterocycles. The second-order valence-corrected chi connectivity index (χ2v) is 5.75. The molecule has 0 aliphatic carbocycles. The summed E-state index contributed by atoms with van der Waals surface area (Å²) < 4.78 is 5.54. The molecule has 2 rings (SSSR count). The number of hydrogen-bond donors (Lipinski definition) is 2. The van der Waals surface area contributed by atoms with Crippen LogP contribution in [0.25, 0.3) is 0 Å². The first kappa shape index (κ1) is 17.2. The van der Waals surface area contributed by atoms with Crippen LogP contribution < -0.4 is 10.1 Å². The molecule has 23 heavy (non-hydrogen) atoms. The first-order valence-electron chi connectivity index (χ1n) is 7.80. The van der Waals surface area contributed by atoms with Gasteiger partial charge in [0.2, 0.25) is 0 Å². The zero-order valence-electron chi connectivity index (χ0n) is 13.5. The van der Waals surface area contributed by atoms with Crippen molar-refractivity contribution in [2.75, 3.05) is 13.2 Å². The van der Waals surface area contributed by atoms with E-state index in [1.54, 1.807) is 36.4 Å². The van der Waals surface area contributed by atoms with Crippen molar-refractivity contribution >= 4 is 5.78 Å². The van der Waals surface area contributed by atoms with Crippen LogP contribution in [0.4, 0.5) is 0 Å². The molecule has 0 aromatic heterocycles. The summed E-state index contributed by atoms with van der Waals surface area (Å²) in [5.41, 5.74) is 1.28. The van der Waals surface area contributed by atoms with Crippen LogP contribution in [0.3, 0.4) is 0 Å². The van der Waals surface area contributed by atoms with Crippen LogP contribution in [-0.4, -0.2) is 36.2 Å². The third-order valence-corrected chi connectivity index (χ3v) is 3.36. The van der Waals surface area contributed by atoms with Crippen molar-refractivity contribution < 1.29 is 14.6 Å². The fourth-order valence-electron chi connectivity index (χ4n) is 2.08. The first-order valence-corrected chi connectivity index (χ1v) is 7.80. The van der Waals surface area contributed by atoms with Gasteiger partial charge in [-0.3, -0.25) is 4.79 Å². The van der Waals surface area contributed by atoms with Crippen molar-refractivity contribution in [2.24, 2.45) is 0 Å². The van der Waals surface area contributed by atoms with Gasteiger partial charge in [-0.05, 0) is 24.3 Å². The van der Waals surface area contributed by atoms with E-state index >= 15 is 0 Å². The highest BCUT2D eigenvalue weighted by Crippen LogP contribution is 2.15. The minimum atomic E-state index is -0.567. The topological polar surface area (TPSA) is 58.6 Å². The first-order chi connectivity index (χ1) is 11.1. The lowest BCUT2D eigenvalue weighted by atomic mass is 10.0. The maximum Gasteiger partial charge on any atom is 0.193 e. The fourth-order valence-corrected chi connectivity index (χ4v) is 2.08. The molecule has 1 atom stereocenters. The molecule has 4 nitrogen and oxygen atoms in total. The highest BCUT2D eigenvalue weighted by molar-refractivity contribution is 6.08. The Morgan fingerprint density at radius 1 is 1.04 bits per heavy atom. The van der Waals surface area contributed by atoms with E-state index in [9.17, 15) is 9.90 Å². The lowest BCUT2D eigenvalue weighted by Gasteiger charge is -2.15. The van der Waals surface area contributed by atoms with Crippen molar-refractivity contribution in [3.63, 3.8) is 0 Å². The van der Waals surface area contributed by atoms with Crippen LogP contribution in [0.2, 0.25) is 0 Å². The summed E-state index contributed by atoms with van der Waals surface area (Å²) in [5, 5.41) is 13.0. The van der Waals surface area contributed by atoms with Crippen LogP contribution >= 0.6 is 0 Å². The molecule has 1 unspecified atom stereocenters. The highest BCUT2D eigenvalue weighted by Gasteiger charge is 2.09. The summed E-state index contributed by atoms with van der Waals surface area (Å²) >= 11 is 0. The van der Waals surface area contributed by atoms with Crippen LogP contribution in [0.1, 0.15) is 29.8 Å². The zero-order valence-corrected chi connectivity index (χ0v) is 13.5. The summed E-state index contributed by atoms with van der Waals surface area (Å²) in [6.07, 6.45) is -0.567. The second kappa shape index (κ2) is 8.46. The van der Waals surface area contributed by atoms with E-state index in [4.69, 9.17) is 4.74 Å². The number of ether oxygens (including phenoxy) is 1. The van der Waals surface area contributed by atoms with Gasteiger partial charge in [0.05, 0.1) is 0 Å². The summed E-state index contributed by atoms with van der Waals surface area (Å²) in [6.45, 7) is 4.75. The van der Waals surface area contributed by atoms with Crippen molar-refractivity contribution in [3.05, 3.63) is 65.7 Å². The molecule has 0 aliphatic rings. The van der Waals surface area contributed by atoms with E-state index in [2.05, 4.69) is 5.32 Å². The number of carbonyl (C=O) groups is 1. The Morgan fingerprint density at radius 3 is 2.26 bits per heavy atom. The Morgan fingerprint density at radius 2 is 1.65 bits per heavy atom. The van der Waals surface area contributed by atoms with E-state index < -0.39 is 6.10 Å². The molecule has 0 saturated carbocycles. The monoisotopic (exact) mass is 313 g/mol. The number of ketones is 1. The Kier molecular flexibility index (Phi) is 6.32. The van der Waals surface area contributed by atoms with Gasteiger partial charge in [0.1, 0.15) is 18.5 Å². The number of benzene rings is 2. The lowest BCUT2D eigenvalue weighted by Crippen LogP contribution is -2.35. The Hall–Kier alpha value is -2.17. The SMILES string of the molecule is CC(C)NCC(O)COc1ccc(C(=O)c2ccccc2)cc1. The van der Waals surface area contributed by atoms with Gasteiger partial charge in [-0.2, -0.15) is 0 Å². The quantitative estimate of drug-likeness (QED) is 0.736. The van der Waals surface area contributed by atoms with Gasteiger partial charge >= 0.3 is 0 Å². The van der Waals surface area contributed by atoms with Crippen molar-refractivity contribution in [1.82, 2.24) is 5.32 Å². The molecule has 122 valence electrons. The number of hydrogen-bond acceptors (Lipinski definition) is 4. The molecule has 4 heteroatoms. The third kappa shape index (κ3) is 5.51. The van der Waals surface area contributed by atoms with Crippen molar-refractivity contribution in [1.29, 1.82) is 0 Å². The van der Waals surface area contributed by atoms with Gasteiger partial charge < -0.3 is 15.2 Å². The lowest BCUT2D eigenvalue weighted by molar-refractivity contribution is 0.103. The predicted octanol–water partition coefficient (Wildman–Crippen LogP) is 2.66. The van der Waals surface area contributed by atoms with E-state index in [0.717, 1.165) is 0 Å². The Balaban J connectivity index is 1.88. The molecule has 0 bridgehead atoms. The molecular formula is C19H23NO3. The van der Waals surface area contributed by atoms with E-state index in [0.29, 0.717) is 29.5 Å². The third-order valence-electron chi connectivity index (χ3n) is 3.36. The summed E-state index contributed by atoms with van der Waals surface area (Å²) in [6, 6.07) is 16.5. The summed E-state index contributed by atoms with van der Waals surface area (Å²) in [7, 11) is 0. The van der Waals surface area contributed by atoms with Gasteiger partial charge in [-0.15, -0.1) is 0 Å². The van der Waals surface area contributed by atoms with Gasteiger partial charge in [-0.25, -0.2) is 0 Å². The average molecular weight is 313 g/mol. The number of rotatable bonds is 8. The molecule has 0 fully saturated rings. The highest BCUT2D eigenvalue weighted by atomic mass is 16.5. The van der Waals surface area contributed by atoms with Crippen molar-refractivity contribution in [3.8, 4) is 5.75 Å². The molecule has 0 radical (unpaired) electrons. The average Bonchev–Trinajstić information content (AvgIpc) is 2.58. The van der Waals surface area contributed by atoms with Crippen LogP contribution in [-0.2, 0) is 0 Å². The second-order valence-electron chi connectivity index (χ2n) is 5.75. The number of nitrogens with one attached hydrogen (secondary N) is 1. The smallest absolute Gasteiger partial charge is 0.193 e. The molecular weight excluding hydrogens is 290 g/mol. The predicted molar refractivity (Wildman–Crippen MR) is 91.0 cm³/mol. The maximum absolute atomic E-state index is 12.3. The Bertz CT molecular complexity index is 608. The van der Waals surface area contributed by atoms with Crippen LogP contribution in [0, 0.1) is 0 Å². The van der Waals surface area contributed by atoms with E-state index in [1.807, 2.05) is 32.0 Å². The normalized spacial score (nSPS) is 12.2. The number of carbonyl (C=O) groups excluding carboxylic acids is 1. The van der Waals surface area contributed by atoms with Gasteiger partial charge in [0.15, 0.2) is 5.78 Å². The summed E-state index contributed by atoms with van der Waals surface area (Å²) in [5.74, 6) is 0.622. The van der Waals surface area contributed by atoms with E-state index in [-0.39, 0.29) is 12.4 Å². The molecule has 2 aromatic carbocycles. The van der Waals surface area contributed by atoms with Gasteiger partial charge in [-0.1, -0.05) is 44.2 Å². The molecule has 2 aromatic rings. The minimum absolute atomic E-state index is 0.0154. The standard InChI is InChI=1S/C19H23NO3/c1-14(2)20-12-17(21)13-23-18-10-8-16(9-11-18)19(22)15-6-4-3-5-7-15/h3-11,14,17,20-21H,12-13H2,1-2H3. The molecule has 0 amide bonds. The number of aliphatic hydroxyl groups excluding tert-OH is 1. The maximum atomic E-state index is 12.3. The number of aliphatic hydroxyl groups is 1. The zero-order chi connectivity index (χ0) is 16.7.